The first-order valence-corrected chi connectivity index (χ1v) is 7.43. The van der Waals surface area contributed by atoms with Crippen LogP contribution in [-0.4, -0.2) is 16.6 Å². The molecule has 3 nitrogen and oxygen atoms in total. The lowest BCUT2D eigenvalue weighted by atomic mass is 10.1. The van der Waals surface area contributed by atoms with E-state index in [1.54, 1.807) is 11.3 Å². The fourth-order valence-electron chi connectivity index (χ4n) is 1.91. The first-order valence-electron chi connectivity index (χ1n) is 6.49. The molecule has 0 saturated carbocycles. The third kappa shape index (κ3) is 4.04. The Hall–Kier alpha value is -1.39. The third-order valence-corrected chi connectivity index (χ3v) is 3.64. The molecule has 0 fully saturated rings. The molecule has 19 heavy (non-hydrogen) atoms. The van der Waals surface area contributed by atoms with E-state index in [1.165, 1.54) is 5.56 Å². The lowest BCUT2D eigenvalue weighted by Gasteiger charge is -2.18. The van der Waals surface area contributed by atoms with E-state index in [9.17, 15) is 0 Å². The van der Waals surface area contributed by atoms with E-state index in [2.05, 4.69) is 47.3 Å². The number of hydrogen-bond donors (Lipinski definition) is 0. The highest BCUT2D eigenvalue weighted by Crippen LogP contribution is 2.17. The van der Waals surface area contributed by atoms with Gasteiger partial charge in [-0.2, -0.15) is 11.3 Å². The van der Waals surface area contributed by atoms with Crippen molar-refractivity contribution < 1.29 is 4.52 Å². The lowest BCUT2D eigenvalue weighted by molar-refractivity contribution is 0.273. The molecule has 4 heteroatoms. The summed E-state index contributed by atoms with van der Waals surface area (Å²) in [6.07, 6.45) is 1.93. The standard InChI is InChI=1S/C15H20N2OS/c1-4-6-17(9-13-5-7-19-11-13)10-14-8-15(12(2)3)18-16-14/h4-5,7-8,11-12H,1,6,9-10H2,2-3H3. The fraction of sp³-hybridized carbons (Fsp3) is 0.400. The van der Waals surface area contributed by atoms with Crippen LogP contribution in [-0.2, 0) is 13.1 Å². The number of thiophene rings is 1. The molecule has 0 saturated heterocycles. The topological polar surface area (TPSA) is 29.3 Å². The quantitative estimate of drug-likeness (QED) is 0.714. The van der Waals surface area contributed by atoms with E-state index in [0.717, 1.165) is 31.1 Å². The van der Waals surface area contributed by atoms with Crippen molar-refractivity contribution in [3.05, 3.63) is 52.6 Å². The molecule has 0 N–H and O–H groups in total. The van der Waals surface area contributed by atoms with Crippen LogP contribution in [0.2, 0.25) is 0 Å². The average molecular weight is 276 g/mol. The Morgan fingerprint density at radius 2 is 2.32 bits per heavy atom. The van der Waals surface area contributed by atoms with Crippen LogP contribution < -0.4 is 0 Å². The van der Waals surface area contributed by atoms with E-state index in [0.29, 0.717) is 5.92 Å². The molecule has 0 bridgehead atoms. The van der Waals surface area contributed by atoms with Gasteiger partial charge in [0.05, 0.1) is 5.69 Å². The van der Waals surface area contributed by atoms with Crippen molar-refractivity contribution in [1.82, 2.24) is 10.1 Å². The van der Waals surface area contributed by atoms with E-state index >= 15 is 0 Å². The number of hydrogen-bond acceptors (Lipinski definition) is 4. The predicted octanol–water partition coefficient (Wildman–Crippen LogP) is 4.05. The summed E-state index contributed by atoms with van der Waals surface area (Å²) in [6.45, 7) is 10.6. The van der Waals surface area contributed by atoms with Gasteiger partial charge in [0.25, 0.3) is 0 Å². The Morgan fingerprint density at radius 1 is 1.47 bits per heavy atom. The van der Waals surface area contributed by atoms with Crippen molar-refractivity contribution in [3.63, 3.8) is 0 Å². The zero-order valence-electron chi connectivity index (χ0n) is 11.5. The Morgan fingerprint density at radius 3 is 2.89 bits per heavy atom. The second-order valence-electron chi connectivity index (χ2n) is 4.97. The molecule has 0 amide bonds. The molecule has 0 aliphatic heterocycles. The normalized spacial score (nSPS) is 11.4. The number of nitrogens with zero attached hydrogens (tertiary/aromatic N) is 2. The van der Waals surface area contributed by atoms with Gasteiger partial charge in [0.15, 0.2) is 0 Å². The van der Waals surface area contributed by atoms with Gasteiger partial charge in [-0.25, -0.2) is 0 Å². The minimum absolute atomic E-state index is 0.381. The second kappa shape index (κ2) is 6.68. The molecular formula is C15H20N2OS. The highest BCUT2D eigenvalue weighted by Gasteiger charge is 2.11. The number of rotatable bonds is 7. The van der Waals surface area contributed by atoms with E-state index in [-0.39, 0.29) is 0 Å². The van der Waals surface area contributed by atoms with Crippen molar-refractivity contribution in [2.45, 2.75) is 32.9 Å². The highest BCUT2D eigenvalue weighted by atomic mass is 32.1. The summed E-state index contributed by atoms with van der Waals surface area (Å²) < 4.78 is 5.34. The van der Waals surface area contributed by atoms with Crippen LogP contribution in [0.1, 0.15) is 36.8 Å². The molecule has 2 heterocycles. The molecule has 0 atom stereocenters. The average Bonchev–Trinajstić information content (AvgIpc) is 3.00. The van der Waals surface area contributed by atoms with Gasteiger partial charge in [-0.1, -0.05) is 25.1 Å². The summed E-state index contributed by atoms with van der Waals surface area (Å²) >= 11 is 1.73. The van der Waals surface area contributed by atoms with Gasteiger partial charge >= 0.3 is 0 Å². The summed E-state index contributed by atoms with van der Waals surface area (Å²) in [4.78, 5) is 2.30. The zero-order chi connectivity index (χ0) is 13.7. The van der Waals surface area contributed by atoms with Crippen molar-refractivity contribution in [1.29, 1.82) is 0 Å². The van der Waals surface area contributed by atoms with Gasteiger partial charge in [-0.15, -0.1) is 6.58 Å². The van der Waals surface area contributed by atoms with Crippen molar-refractivity contribution in [2.24, 2.45) is 0 Å². The first-order chi connectivity index (χ1) is 9.19. The van der Waals surface area contributed by atoms with E-state index < -0.39 is 0 Å². The molecule has 102 valence electrons. The van der Waals surface area contributed by atoms with Crippen LogP contribution in [0.3, 0.4) is 0 Å². The minimum Gasteiger partial charge on any atom is -0.361 e. The maximum absolute atomic E-state index is 5.34. The summed E-state index contributed by atoms with van der Waals surface area (Å²) in [5.74, 6) is 1.33. The Bertz CT molecular complexity index is 502. The Balaban J connectivity index is 2.00. The third-order valence-electron chi connectivity index (χ3n) is 2.91. The van der Waals surface area contributed by atoms with E-state index in [4.69, 9.17) is 4.52 Å². The summed E-state index contributed by atoms with van der Waals surface area (Å²) in [7, 11) is 0. The monoisotopic (exact) mass is 276 g/mol. The van der Waals surface area contributed by atoms with Gasteiger partial charge in [-0.3, -0.25) is 4.90 Å². The van der Waals surface area contributed by atoms with Crippen LogP contribution in [0.25, 0.3) is 0 Å². The molecule has 0 aromatic carbocycles. The molecular weight excluding hydrogens is 256 g/mol. The maximum atomic E-state index is 5.34. The molecule has 0 aliphatic rings. The first kappa shape index (κ1) is 14.0. The van der Waals surface area contributed by atoms with Crippen molar-refractivity contribution >= 4 is 11.3 Å². The van der Waals surface area contributed by atoms with Crippen LogP contribution in [0.5, 0.6) is 0 Å². The van der Waals surface area contributed by atoms with Gasteiger partial charge in [0.1, 0.15) is 5.76 Å². The largest absolute Gasteiger partial charge is 0.361 e. The van der Waals surface area contributed by atoms with Gasteiger partial charge in [-0.05, 0) is 22.4 Å². The molecule has 0 aliphatic carbocycles. The lowest BCUT2D eigenvalue weighted by Crippen LogP contribution is -2.22. The van der Waals surface area contributed by atoms with Crippen molar-refractivity contribution in [3.8, 4) is 0 Å². The summed E-state index contributed by atoms with van der Waals surface area (Å²) in [5, 5.41) is 8.42. The second-order valence-corrected chi connectivity index (χ2v) is 5.75. The molecule has 2 aromatic heterocycles. The van der Waals surface area contributed by atoms with Crippen LogP contribution in [0, 0.1) is 0 Å². The molecule has 2 aromatic rings. The number of aromatic nitrogens is 1. The van der Waals surface area contributed by atoms with Gasteiger partial charge in [0.2, 0.25) is 0 Å². The predicted molar refractivity (Wildman–Crippen MR) is 79.2 cm³/mol. The Kier molecular flexibility index (Phi) is 4.93. The fourth-order valence-corrected chi connectivity index (χ4v) is 2.57. The van der Waals surface area contributed by atoms with Gasteiger partial charge < -0.3 is 4.52 Å². The Labute approximate surface area is 118 Å². The van der Waals surface area contributed by atoms with Crippen molar-refractivity contribution in [2.75, 3.05) is 6.54 Å². The van der Waals surface area contributed by atoms with Crippen LogP contribution >= 0.6 is 11.3 Å². The smallest absolute Gasteiger partial charge is 0.139 e. The van der Waals surface area contributed by atoms with E-state index in [1.807, 2.05) is 12.1 Å². The summed E-state index contributed by atoms with van der Waals surface area (Å²) in [5.41, 5.74) is 2.32. The molecule has 0 radical (unpaired) electrons. The van der Waals surface area contributed by atoms with Gasteiger partial charge in [0, 0.05) is 31.6 Å². The SMILES string of the molecule is C=CCN(Cc1ccsc1)Cc1cc(C(C)C)on1. The summed E-state index contributed by atoms with van der Waals surface area (Å²) in [6, 6.07) is 4.21. The zero-order valence-corrected chi connectivity index (χ0v) is 12.3. The minimum atomic E-state index is 0.381. The van der Waals surface area contributed by atoms with Crippen LogP contribution in [0.15, 0.2) is 40.1 Å². The molecule has 0 spiro atoms. The van der Waals surface area contributed by atoms with Crippen LogP contribution in [0.4, 0.5) is 0 Å². The molecule has 0 unspecified atom stereocenters. The maximum Gasteiger partial charge on any atom is 0.139 e. The highest BCUT2D eigenvalue weighted by molar-refractivity contribution is 7.07. The molecule has 2 rings (SSSR count).